The summed E-state index contributed by atoms with van der Waals surface area (Å²) < 4.78 is 1.42. The number of hydrogen-bond acceptors (Lipinski definition) is 5. The third-order valence-electron chi connectivity index (χ3n) is 2.40. The molecule has 2 heterocycles. The van der Waals surface area contributed by atoms with Gasteiger partial charge in [0.05, 0.1) is 17.8 Å². The Balaban J connectivity index is 2.12. The summed E-state index contributed by atoms with van der Waals surface area (Å²) in [6, 6.07) is 3.73. The highest BCUT2D eigenvalue weighted by Crippen LogP contribution is 2.21. The maximum atomic E-state index is 10.6. The van der Waals surface area contributed by atoms with Crippen molar-refractivity contribution in [2.24, 2.45) is 0 Å². The van der Waals surface area contributed by atoms with Crippen molar-refractivity contribution in [3.8, 4) is 0 Å². The molecule has 7 nitrogen and oxygen atoms in total. The fourth-order valence-electron chi connectivity index (χ4n) is 1.58. The molecule has 0 unspecified atom stereocenters. The van der Waals surface area contributed by atoms with Gasteiger partial charge in [-0.3, -0.25) is 0 Å². The van der Waals surface area contributed by atoms with Crippen molar-refractivity contribution in [1.82, 2.24) is 14.8 Å². The van der Waals surface area contributed by atoms with Crippen LogP contribution < -0.4 is 5.32 Å². The SMILES string of the molecule is CCNc1ccc(Cn2cc(Cl)c([N+](=O)[O-])n2)cn1. The van der Waals surface area contributed by atoms with Crippen LogP contribution in [0.2, 0.25) is 5.02 Å². The van der Waals surface area contributed by atoms with Gasteiger partial charge in [0.15, 0.2) is 5.02 Å². The molecule has 0 spiro atoms. The average molecular weight is 282 g/mol. The van der Waals surface area contributed by atoms with Crippen LogP contribution in [0, 0.1) is 10.1 Å². The highest BCUT2D eigenvalue weighted by Gasteiger charge is 2.18. The fourth-order valence-corrected chi connectivity index (χ4v) is 1.80. The zero-order valence-corrected chi connectivity index (χ0v) is 11.0. The highest BCUT2D eigenvalue weighted by atomic mass is 35.5. The van der Waals surface area contributed by atoms with Gasteiger partial charge in [-0.25, -0.2) is 4.98 Å². The van der Waals surface area contributed by atoms with Crippen LogP contribution in [0.5, 0.6) is 0 Å². The zero-order chi connectivity index (χ0) is 13.8. The van der Waals surface area contributed by atoms with E-state index in [1.54, 1.807) is 6.20 Å². The Morgan fingerprint density at radius 2 is 2.32 bits per heavy atom. The van der Waals surface area contributed by atoms with E-state index in [9.17, 15) is 10.1 Å². The van der Waals surface area contributed by atoms with E-state index < -0.39 is 4.92 Å². The van der Waals surface area contributed by atoms with E-state index in [4.69, 9.17) is 11.6 Å². The van der Waals surface area contributed by atoms with Crippen molar-refractivity contribution in [3.63, 3.8) is 0 Å². The van der Waals surface area contributed by atoms with Gasteiger partial charge in [0.2, 0.25) is 0 Å². The number of halogens is 1. The van der Waals surface area contributed by atoms with Crippen molar-refractivity contribution in [2.75, 3.05) is 11.9 Å². The molecule has 0 aliphatic carbocycles. The van der Waals surface area contributed by atoms with E-state index in [1.807, 2.05) is 19.1 Å². The molecule has 0 bridgehead atoms. The van der Waals surface area contributed by atoms with Gasteiger partial charge >= 0.3 is 5.82 Å². The number of pyridine rings is 1. The maximum absolute atomic E-state index is 10.6. The van der Waals surface area contributed by atoms with Gasteiger partial charge in [0.25, 0.3) is 0 Å². The van der Waals surface area contributed by atoms with Gasteiger partial charge in [-0.2, -0.15) is 4.68 Å². The fraction of sp³-hybridized carbons (Fsp3) is 0.273. The molecule has 0 fully saturated rings. The number of nitro groups is 1. The lowest BCUT2D eigenvalue weighted by Gasteiger charge is -2.02. The molecule has 19 heavy (non-hydrogen) atoms. The summed E-state index contributed by atoms with van der Waals surface area (Å²) in [5.74, 6) is 0.453. The monoisotopic (exact) mass is 281 g/mol. The van der Waals surface area contributed by atoms with E-state index in [2.05, 4.69) is 15.4 Å². The molecule has 2 aromatic heterocycles. The Hall–Kier alpha value is -2.15. The number of nitrogens with zero attached hydrogens (tertiary/aromatic N) is 4. The van der Waals surface area contributed by atoms with Gasteiger partial charge in [0.1, 0.15) is 5.82 Å². The van der Waals surface area contributed by atoms with Crippen molar-refractivity contribution in [3.05, 3.63) is 45.2 Å². The number of aromatic nitrogens is 3. The predicted octanol–water partition coefficient (Wildman–Crippen LogP) is 2.32. The largest absolute Gasteiger partial charge is 0.408 e. The van der Waals surface area contributed by atoms with E-state index in [-0.39, 0.29) is 10.8 Å². The molecule has 0 atom stereocenters. The zero-order valence-electron chi connectivity index (χ0n) is 10.2. The summed E-state index contributed by atoms with van der Waals surface area (Å²) in [5, 5.41) is 17.5. The summed E-state index contributed by atoms with van der Waals surface area (Å²) in [4.78, 5) is 14.2. The Kier molecular flexibility index (Phi) is 3.96. The lowest BCUT2D eigenvalue weighted by atomic mass is 10.3. The second-order valence-electron chi connectivity index (χ2n) is 3.84. The van der Waals surface area contributed by atoms with Crippen molar-refractivity contribution < 1.29 is 4.92 Å². The smallest absolute Gasteiger partial charge is 0.370 e. The average Bonchev–Trinajstić information content (AvgIpc) is 2.73. The summed E-state index contributed by atoms with van der Waals surface area (Å²) in [5.41, 5.74) is 0.885. The molecule has 0 saturated heterocycles. The quantitative estimate of drug-likeness (QED) is 0.671. The number of anilines is 1. The minimum atomic E-state index is -0.606. The molecule has 0 aliphatic heterocycles. The van der Waals surface area contributed by atoms with Crippen molar-refractivity contribution in [2.45, 2.75) is 13.5 Å². The van der Waals surface area contributed by atoms with Gasteiger partial charge < -0.3 is 15.4 Å². The van der Waals surface area contributed by atoms with Gasteiger partial charge in [-0.05, 0) is 23.5 Å². The van der Waals surface area contributed by atoms with Crippen LogP contribution in [-0.4, -0.2) is 26.2 Å². The van der Waals surface area contributed by atoms with Crippen LogP contribution in [0.15, 0.2) is 24.5 Å². The molecule has 0 radical (unpaired) electrons. The summed E-state index contributed by atoms with van der Waals surface area (Å²) >= 11 is 5.72. The Bertz CT molecular complexity index is 581. The Labute approximate surface area is 114 Å². The third kappa shape index (κ3) is 3.19. The molecule has 0 aliphatic rings. The molecule has 2 rings (SSSR count). The maximum Gasteiger partial charge on any atom is 0.408 e. The Morgan fingerprint density at radius 3 is 2.84 bits per heavy atom. The van der Waals surface area contributed by atoms with E-state index in [0.717, 1.165) is 17.9 Å². The molecular formula is C11H12ClN5O2. The first-order chi connectivity index (χ1) is 9.10. The van der Waals surface area contributed by atoms with Gasteiger partial charge in [0, 0.05) is 12.7 Å². The number of nitrogens with one attached hydrogen (secondary N) is 1. The first-order valence-corrected chi connectivity index (χ1v) is 6.04. The minimum absolute atomic E-state index is 0.0298. The van der Waals surface area contributed by atoms with Crippen LogP contribution in [0.25, 0.3) is 0 Å². The first kappa shape index (κ1) is 13.3. The number of rotatable bonds is 5. The van der Waals surface area contributed by atoms with Crippen molar-refractivity contribution in [1.29, 1.82) is 0 Å². The van der Waals surface area contributed by atoms with Crippen LogP contribution in [0.1, 0.15) is 12.5 Å². The lowest BCUT2D eigenvalue weighted by Crippen LogP contribution is -2.03. The van der Waals surface area contributed by atoms with Crippen molar-refractivity contribution >= 4 is 23.2 Å². The van der Waals surface area contributed by atoms with Crippen LogP contribution in [0.4, 0.5) is 11.6 Å². The molecular weight excluding hydrogens is 270 g/mol. The predicted molar refractivity (Wildman–Crippen MR) is 71.4 cm³/mol. The van der Waals surface area contributed by atoms with E-state index in [1.165, 1.54) is 10.9 Å². The van der Waals surface area contributed by atoms with Crippen LogP contribution >= 0.6 is 11.6 Å². The van der Waals surface area contributed by atoms with Crippen LogP contribution in [0.3, 0.4) is 0 Å². The Morgan fingerprint density at radius 1 is 1.53 bits per heavy atom. The number of hydrogen-bond donors (Lipinski definition) is 1. The molecule has 0 saturated carbocycles. The normalized spacial score (nSPS) is 10.4. The molecule has 0 amide bonds. The lowest BCUT2D eigenvalue weighted by molar-refractivity contribution is -0.389. The minimum Gasteiger partial charge on any atom is -0.370 e. The summed E-state index contributed by atoms with van der Waals surface area (Å²) in [6.45, 7) is 3.17. The standard InChI is InChI=1S/C11H12ClN5O2/c1-2-13-10-4-3-8(5-14-10)6-16-7-9(12)11(15-16)17(18)19/h3-5,7H,2,6H2,1H3,(H,13,14). The second kappa shape index (κ2) is 5.66. The van der Waals surface area contributed by atoms with Gasteiger partial charge in [-0.1, -0.05) is 17.7 Å². The summed E-state index contributed by atoms with van der Waals surface area (Å²) in [7, 11) is 0. The molecule has 2 aromatic rings. The van der Waals surface area contributed by atoms with Crippen LogP contribution in [-0.2, 0) is 6.54 Å². The molecule has 100 valence electrons. The molecule has 8 heteroatoms. The van der Waals surface area contributed by atoms with E-state index >= 15 is 0 Å². The molecule has 0 aromatic carbocycles. The first-order valence-electron chi connectivity index (χ1n) is 5.66. The van der Waals surface area contributed by atoms with E-state index in [0.29, 0.717) is 6.54 Å². The summed E-state index contributed by atoms with van der Waals surface area (Å²) in [6.07, 6.45) is 3.12. The highest BCUT2D eigenvalue weighted by molar-refractivity contribution is 6.32. The second-order valence-corrected chi connectivity index (χ2v) is 4.24. The third-order valence-corrected chi connectivity index (χ3v) is 2.67. The molecule has 1 N–H and O–H groups in total. The topological polar surface area (TPSA) is 85.9 Å². The van der Waals surface area contributed by atoms with Gasteiger partial charge in [-0.15, -0.1) is 0 Å².